The number of benzene rings is 1. The van der Waals surface area contributed by atoms with E-state index in [1.165, 1.54) is 0 Å². The molecule has 2 fully saturated rings. The largest absolute Gasteiger partial charge is 0.392 e. The van der Waals surface area contributed by atoms with E-state index in [9.17, 15) is 9.90 Å². The molecule has 5 nitrogen and oxygen atoms in total. The predicted molar refractivity (Wildman–Crippen MR) is 92.5 cm³/mol. The Labute approximate surface area is 146 Å². The van der Waals surface area contributed by atoms with Crippen LogP contribution in [0, 0.1) is 23.2 Å². The van der Waals surface area contributed by atoms with Gasteiger partial charge in [0.25, 0.3) is 5.91 Å². The molecule has 25 heavy (non-hydrogen) atoms. The Morgan fingerprint density at radius 1 is 1.16 bits per heavy atom. The molecule has 5 heteroatoms. The molecule has 1 aliphatic heterocycles. The molecule has 1 saturated heterocycles. The number of aliphatic hydroxyl groups is 1. The molecule has 1 N–H and O–H groups in total. The van der Waals surface area contributed by atoms with Crippen LogP contribution < -0.4 is 0 Å². The Balaban J connectivity index is 1.52. The highest BCUT2D eigenvalue weighted by Gasteiger charge is 2.42. The molecule has 2 heterocycles. The van der Waals surface area contributed by atoms with E-state index in [0.717, 1.165) is 24.1 Å². The number of rotatable bonds is 2. The molecule has 4 rings (SSSR count). The summed E-state index contributed by atoms with van der Waals surface area (Å²) in [7, 11) is 0. The molecule has 1 aliphatic carbocycles. The summed E-state index contributed by atoms with van der Waals surface area (Å²) in [6.07, 6.45) is 3.39. The monoisotopic (exact) mass is 333 g/mol. The molecule has 1 amide bonds. The van der Waals surface area contributed by atoms with Crippen LogP contribution in [0.2, 0.25) is 0 Å². The molecule has 126 valence electrons. The molecule has 0 spiro atoms. The van der Waals surface area contributed by atoms with Crippen LogP contribution in [0.15, 0.2) is 42.6 Å². The summed E-state index contributed by atoms with van der Waals surface area (Å²) in [5.41, 5.74) is 2.81. The van der Waals surface area contributed by atoms with Crippen LogP contribution in [-0.4, -0.2) is 40.1 Å². The van der Waals surface area contributed by atoms with Crippen LogP contribution in [0.1, 0.15) is 28.8 Å². The standard InChI is InChI=1S/C20H19N3O2/c21-10-13-7-8-22-18(9-13)14-1-3-15(4-2-14)20(25)23-11-16-5-6-17(12-23)19(16)24/h1-4,7-9,16-17,19,24H,5-6,11-12H2/t16-,17+,19?. The second-order valence-electron chi connectivity index (χ2n) is 6.92. The second kappa shape index (κ2) is 6.30. The van der Waals surface area contributed by atoms with Crippen molar-refractivity contribution >= 4 is 5.91 Å². The number of carbonyl (C=O) groups is 1. The number of nitrogens with zero attached hydrogens (tertiary/aromatic N) is 3. The Kier molecular flexibility index (Phi) is 3.98. The molecular formula is C20H19N3O2. The minimum atomic E-state index is -0.245. The lowest BCUT2D eigenvalue weighted by atomic mass is 9.94. The number of amides is 1. The minimum absolute atomic E-state index is 0.0223. The fraction of sp³-hybridized carbons (Fsp3) is 0.350. The maximum Gasteiger partial charge on any atom is 0.253 e. The lowest BCUT2D eigenvalue weighted by molar-refractivity contribution is 0.0166. The van der Waals surface area contributed by atoms with Crippen LogP contribution in [-0.2, 0) is 0 Å². The molecule has 1 saturated carbocycles. The number of nitriles is 1. The number of piperidine rings is 1. The Bertz CT molecular complexity index is 827. The zero-order valence-corrected chi connectivity index (χ0v) is 13.8. The first-order valence-electron chi connectivity index (χ1n) is 8.59. The zero-order chi connectivity index (χ0) is 17.4. The Morgan fingerprint density at radius 3 is 2.48 bits per heavy atom. The minimum Gasteiger partial charge on any atom is -0.392 e. The van der Waals surface area contributed by atoms with Crippen molar-refractivity contribution in [1.29, 1.82) is 5.26 Å². The summed E-state index contributed by atoms with van der Waals surface area (Å²) < 4.78 is 0. The van der Waals surface area contributed by atoms with Crippen molar-refractivity contribution in [3.05, 3.63) is 53.7 Å². The highest BCUT2D eigenvalue weighted by atomic mass is 16.3. The predicted octanol–water partition coefficient (Wildman–Crippen LogP) is 2.46. The van der Waals surface area contributed by atoms with E-state index in [-0.39, 0.29) is 23.8 Å². The van der Waals surface area contributed by atoms with Gasteiger partial charge < -0.3 is 10.0 Å². The Hall–Kier alpha value is -2.71. The quantitative estimate of drug-likeness (QED) is 0.916. The highest BCUT2D eigenvalue weighted by Crippen LogP contribution is 2.37. The van der Waals surface area contributed by atoms with E-state index in [4.69, 9.17) is 5.26 Å². The fourth-order valence-corrected chi connectivity index (χ4v) is 3.98. The Morgan fingerprint density at radius 2 is 1.84 bits per heavy atom. The van der Waals surface area contributed by atoms with Gasteiger partial charge in [0.15, 0.2) is 0 Å². The van der Waals surface area contributed by atoms with Crippen molar-refractivity contribution < 1.29 is 9.90 Å². The number of hydrogen-bond acceptors (Lipinski definition) is 4. The van der Waals surface area contributed by atoms with Crippen molar-refractivity contribution in [2.45, 2.75) is 18.9 Å². The summed E-state index contributed by atoms with van der Waals surface area (Å²) in [6, 6.07) is 12.9. The molecule has 2 aromatic rings. The summed E-state index contributed by atoms with van der Waals surface area (Å²) in [5, 5.41) is 19.1. The van der Waals surface area contributed by atoms with Crippen molar-refractivity contribution in [2.75, 3.05) is 13.1 Å². The van der Waals surface area contributed by atoms with Crippen LogP contribution in [0.5, 0.6) is 0 Å². The van der Waals surface area contributed by atoms with Gasteiger partial charge in [0, 0.05) is 42.2 Å². The zero-order valence-electron chi connectivity index (χ0n) is 13.8. The molecule has 2 bridgehead atoms. The summed E-state index contributed by atoms with van der Waals surface area (Å²) >= 11 is 0. The third kappa shape index (κ3) is 2.90. The highest BCUT2D eigenvalue weighted by molar-refractivity contribution is 5.94. The number of likely N-dealkylation sites (tertiary alicyclic amines) is 1. The van der Waals surface area contributed by atoms with E-state index in [1.807, 2.05) is 29.2 Å². The van der Waals surface area contributed by atoms with E-state index in [2.05, 4.69) is 11.1 Å². The first-order valence-corrected chi connectivity index (χ1v) is 8.59. The molecule has 2 aliphatic rings. The molecule has 0 radical (unpaired) electrons. The van der Waals surface area contributed by atoms with Crippen LogP contribution in [0.3, 0.4) is 0 Å². The van der Waals surface area contributed by atoms with Gasteiger partial charge in [-0.2, -0.15) is 5.26 Å². The van der Waals surface area contributed by atoms with Gasteiger partial charge in [-0.05, 0) is 37.1 Å². The summed E-state index contributed by atoms with van der Waals surface area (Å²) in [4.78, 5) is 18.9. The third-order valence-electron chi connectivity index (χ3n) is 5.39. The van der Waals surface area contributed by atoms with Crippen molar-refractivity contribution in [3.63, 3.8) is 0 Å². The number of aromatic nitrogens is 1. The molecule has 1 aromatic carbocycles. The third-order valence-corrected chi connectivity index (χ3v) is 5.39. The summed E-state index contributed by atoms with van der Waals surface area (Å²) in [5.74, 6) is 0.467. The van der Waals surface area contributed by atoms with E-state index >= 15 is 0 Å². The number of carbonyl (C=O) groups excluding carboxylic acids is 1. The first-order chi connectivity index (χ1) is 12.2. The number of fused-ring (bicyclic) bond motifs is 2. The number of hydrogen-bond donors (Lipinski definition) is 1. The lowest BCUT2D eigenvalue weighted by Crippen LogP contribution is -2.47. The average molecular weight is 333 g/mol. The maximum atomic E-state index is 12.8. The van der Waals surface area contributed by atoms with Crippen LogP contribution >= 0.6 is 0 Å². The van der Waals surface area contributed by atoms with Gasteiger partial charge in [-0.25, -0.2) is 0 Å². The van der Waals surface area contributed by atoms with Gasteiger partial charge in [0.2, 0.25) is 0 Å². The SMILES string of the molecule is N#Cc1ccnc(-c2ccc(C(=O)N3C[C@H]4CC[C@@H](C3)C4O)cc2)c1. The van der Waals surface area contributed by atoms with Crippen LogP contribution in [0.4, 0.5) is 0 Å². The summed E-state index contributed by atoms with van der Waals surface area (Å²) in [6.45, 7) is 1.29. The molecular weight excluding hydrogens is 314 g/mol. The number of pyridine rings is 1. The van der Waals surface area contributed by atoms with Crippen molar-refractivity contribution in [1.82, 2.24) is 9.88 Å². The number of aliphatic hydroxyl groups excluding tert-OH is 1. The second-order valence-corrected chi connectivity index (χ2v) is 6.92. The molecule has 1 unspecified atom stereocenters. The van der Waals surface area contributed by atoms with Gasteiger partial charge in [-0.3, -0.25) is 9.78 Å². The smallest absolute Gasteiger partial charge is 0.253 e. The molecule has 1 aromatic heterocycles. The van der Waals surface area contributed by atoms with Gasteiger partial charge in [-0.15, -0.1) is 0 Å². The van der Waals surface area contributed by atoms with E-state index < -0.39 is 0 Å². The van der Waals surface area contributed by atoms with Gasteiger partial charge in [-0.1, -0.05) is 12.1 Å². The molecule has 3 atom stereocenters. The van der Waals surface area contributed by atoms with Crippen LogP contribution in [0.25, 0.3) is 11.3 Å². The first kappa shape index (κ1) is 15.8. The van der Waals surface area contributed by atoms with Crippen molar-refractivity contribution in [2.24, 2.45) is 11.8 Å². The topological polar surface area (TPSA) is 77.2 Å². The van der Waals surface area contributed by atoms with Gasteiger partial charge >= 0.3 is 0 Å². The fourth-order valence-electron chi connectivity index (χ4n) is 3.98. The normalized spacial score (nSPS) is 24.8. The maximum absolute atomic E-state index is 12.8. The van der Waals surface area contributed by atoms with E-state index in [0.29, 0.717) is 24.2 Å². The average Bonchev–Trinajstić information content (AvgIpc) is 2.87. The van der Waals surface area contributed by atoms with Gasteiger partial charge in [0.1, 0.15) is 0 Å². The van der Waals surface area contributed by atoms with Crippen molar-refractivity contribution in [3.8, 4) is 17.3 Å². The van der Waals surface area contributed by atoms with Gasteiger partial charge in [0.05, 0.1) is 23.4 Å². The lowest BCUT2D eigenvalue weighted by Gasteiger charge is -2.35. The van der Waals surface area contributed by atoms with E-state index in [1.54, 1.807) is 18.3 Å².